The minimum Gasteiger partial charge on any atom is -0.344 e. The number of nitrogens with zero attached hydrogens (tertiary/aromatic N) is 4. The lowest BCUT2D eigenvalue weighted by Gasteiger charge is -2.22. The van der Waals surface area contributed by atoms with Crippen molar-refractivity contribution in [3.8, 4) is 0 Å². The van der Waals surface area contributed by atoms with Crippen molar-refractivity contribution in [3.05, 3.63) is 51.6 Å². The Labute approximate surface area is 165 Å². The smallest absolute Gasteiger partial charge is 0.261 e. The van der Waals surface area contributed by atoms with E-state index in [2.05, 4.69) is 21.6 Å². The molecule has 1 N–H and O–H groups in total. The molecule has 3 aliphatic rings. The van der Waals surface area contributed by atoms with E-state index in [1.54, 1.807) is 28.1 Å². The van der Waals surface area contributed by atoms with Gasteiger partial charge in [0.25, 0.3) is 11.8 Å². The number of aromatic nitrogens is 3. The van der Waals surface area contributed by atoms with Crippen LogP contribution in [0.3, 0.4) is 0 Å². The second-order valence-electron chi connectivity index (χ2n) is 8.09. The van der Waals surface area contributed by atoms with Crippen molar-refractivity contribution in [2.24, 2.45) is 5.92 Å². The van der Waals surface area contributed by atoms with Crippen LogP contribution in [-0.2, 0) is 12.8 Å². The van der Waals surface area contributed by atoms with Crippen LogP contribution in [0.2, 0.25) is 0 Å². The predicted molar refractivity (Wildman–Crippen MR) is 104 cm³/mol. The fourth-order valence-electron chi connectivity index (χ4n) is 4.75. The molecule has 3 aromatic rings. The fraction of sp³-hybridized carbons (Fsp3) is 0.400. The molecule has 142 valence electrons. The maximum absolute atomic E-state index is 13.1. The third kappa shape index (κ3) is 2.33. The highest BCUT2D eigenvalue weighted by Gasteiger charge is 2.62. The van der Waals surface area contributed by atoms with E-state index in [0.29, 0.717) is 30.2 Å². The third-order valence-electron chi connectivity index (χ3n) is 6.32. The fourth-order valence-corrected chi connectivity index (χ4v) is 5.90. The van der Waals surface area contributed by atoms with Crippen LogP contribution in [0, 0.1) is 5.92 Å². The summed E-state index contributed by atoms with van der Waals surface area (Å²) in [5.74, 6) is 0.301. The molecule has 1 aliphatic heterocycles. The van der Waals surface area contributed by atoms with Crippen LogP contribution in [0.5, 0.6) is 0 Å². The lowest BCUT2D eigenvalue weighted by molar-refractivity contribution is 0.0761. The number of amides is 2. The van der Waals surface area contributed by atoms with Gasteiger partial charge in [-0.3, -0.25) is 14.0 Å². The first-order valence-corrected chi connectivity index (χ1v) is 10.5. The van der Waals surface area contributed by atoms with E-state index in [4.69, 9.17) is 0 Å². The Morgan fingerprint density at radius 1 is 1.32 bits per heavy atom. The third-order valence-corrected chi connectivity index (χ3v) is 7.56. The van der Waals surface area contributed by atoms with Gasteiger partial charge < -0.3 is 10.2 Å². The molecule has 0 aromatic carbocycles. The first kappa shape index (κ1) is 16.2. The van der Waals surface area contributed by atoms with E-state index in [1.807, 2.05) is 17.2 Å². The summed E-state index contributed by atoms with van der Waals surface area (Å²) in [7, 11) is 0. The van der Waals surface area contributed by atoms with Crippen molar-refractivity contribution in [1.82, 2.24) is 24.8 Å². The van der Waals surface area contributed by atoms with Crippen LogP contribution in [0.1, 0.15) is 43.3 Å². The SMILES string of the molecule is O=C(N[C@@]12C[C@@H]1CN(C(=O)c1cccn3cnnc13)C2)c1cc2c(s1)CCC2. The average molecular weight is 393 g/mol. The molecule has 2 amide bonds. The second kappa shape index (κ2) is 5.64. The van der Waals surface area contributed by atoms with Crippen molar-refractivity contribution in [3.63, 3.8) is 0 Å². The highest BCUT2D eigenvalue weighted by atomic mass is 32.1. The van der Waals surface area contributed by atoms with Gasteiger partial charge in [-0.1, -0.05) is 0 Å². The van der Waals surface area contributed by atoms with Crippen LogP contribution in [0.4, 0.5) is 0 Å². The summed E-state index contributed by atoms with van der Waals surface area (Å²) in [6.07, 6.45) is 7.75. The van der Waals surface area contributed by atoms with Crippen LogP contribution >= 0.6 is 11.3 Å². The van der Waals surface area contributed by atoms with E-state index in [1.165, 1.54) is 16.9 Å². The highest BCUT2D eigenvalue weighted by molar-refractivity contribution is 7.14. The summed E-state index contributed by atoms with van der Waals surface area (Å²) in [6, 6.07) is 5.67. The highest BCUT2D eigenvalue weighted by Crippen LogP contribution is 2.50. The van der Waals surface area contributed by atoms with Gasteiger partial charge in [0.1, 0.15) is 6.33 Å². The standard InChI is InChI=1S/C20H19N5O2S/c26-18(16-7-12-3-1-5-15(12)28-16)22-20-8-13(20)9-25(10-20)19(27)14-4-2-6-24-11-21-23-17(14)24/h2,4,6-7,11,13H,1,3,5,8-10H2,(H,22,26)/t13-,20-/m1/s1. The van der Waals surface area contributed by atoms with Gasteiger partial charge in [-0.05, 0) is 49.4 Å². The molecule has 1 saturated carbocycles. The number of nitrogens with one attached hydrogen (secondary N) is 1. The predicted octanol–water partition coefficient (Wildman–Crippen LogP) is 1.92. The van der Waals surface area contributed by atoms with Crippen molar-refractivity contribution in [2.75, 3.05) is 13.1 Å². The van der Waals surface area contributed by atoms with Gasteiger partial charge in [-0.2, -0.15) is 0 Å². The number of piperidine rings is 1. The monoisotopic (exact) mass is 393 g/mol. The maximum atomic E-state index is 13.1. The first-order valence-electron chi connectivity index (χ1n) is 9.65. The number of pyridine rings is 1. The molecule has 28 heavy (non-hydrogen) atoms. The molecular weight excluding hydrogens is 374 g/mol. The second-order valence-corrected chi connectivity index (χ2v) is 9.23. The molecule has 7 nitrogen and oxygen atoms in total. The molecule has 0 spiro atoms. The number of fused-ring (bicyclic) bond motifs is 3. The minimum absolute atomic E-state index is 0.00996. The summed E-state index contributed by atoms with van der Waals surface area (Å²) in [5.41, 5.74) is 2.20. The van der Waals surface area contributed by atoms with Crippen molar-refractivity contribution >= 4 is 28.8 Å². The van der Waals surface area contributed by atoms with Gasteiger partial charge in [0.2, 0.25) is 0 Å². The molecule has 8 heteroatoms. The number of rotatable bonds is 3. The summed E-state index contributed by atoms with van der Waals surface area (Å²) in [6.45, 7) is 1.23. The van der Waals surface area contributed by atoms with Crippen LogP contribution in [0.25, 0.3) is 5.65 Å². The summed E-state index contributed by atoms with van der Waals surface area (Å²) >= 11 is 1.63. The number of likely N-dealkylation sites (tertiary alicyclic amines) is 1. The topological polar surface area (TPSA) is 79.6 Å². The lowest BCUT2D eigenvalue weighted by Crippen LogP contribution is -2.43. The average Bonchev–Trinajstić information content (AvgIpc) is 3.23. The lowest BCUT2D eigenvalue weighted by atomic mass is 10.2. The van der Waals surface area contributed by atoms with E-state index in [0.717, 1.165) is 24.1 Å². The summed E-state index contributed by atoms with van der Waals surface area (Å²) < 4.78 is 1.75. The molecule has 4 heterocycles. The normalized spacial score (nSPS) is 25.0. The van der Waals surface area contributed by atoms with Gasteiger partial charge >= 0.3 is 0 Å². The molecule has 3 aromatic heterocycles. The summed E-state index contributed by atoms with van der Waals surface area (Å²) in [5, 5.41) is 11.2. The van der Waals surface area contributed by atoms with Crippen LogP contribution in [0.15, 0.2) is 30.7 Å². The zero-order valence-electron chi connectivity index (χ0n) is 15.2. The molecule has 2 atom stereocenters. The van der Waals surface area contributed by atoms with E-state index >= 15 is 0 Å². The van der Waals surface area contributed by atoms with Gasteiger partial charge in [-0.25, -0.2) is 0 Å². The van der Waals surface area contributed by atoms with Crippen molar-refractivity contribution in [1.29, 1.82) is 0 Å². The van der Waals surface area contributed by atoms with Crippen molar-refractivity contribution in [2.45, 2.75) is 31.2 Å². The largest absolute Gasteiger partial charge is 0.344 e. The molecule has 0 radical (unpaired) electrons. The Morgan fingerprint density at radius 3 is 3.14 bits per heavy atom. The Balaban J connectivity index is 1.19. The van der Waals surface area contributed by atoms with Gasteiger partial charge in [0.15, 0.2) is 5.65 Å². The summed E-state index contributed by atoms with van der Waals surface area (Å²) in [4.78, 5) is 29.9. The number of carbonyl (C=O) groups excluding carboxylic acids is 2. The molecule has 0 unspecified atom stereocenters. The number of aryl methyl sites for hydroxylation is 2. The zero-order chi connectivity index (χ0) is 18.9. The Morgan fingerprint density at radius 2 is 2.25 bits per heavy atom. The molecule has 2 fully saturated rings. The van der Waals surface area contributed by atoms with Gasteiger partial charge in [0, 0.05) is 30.1 Å². The molecule has 2 aliphatic carbocycles. The molecule has 6 rings (SSSR count). The van der Waals surface area contributed by atoms with Gasteiger partial charge in [-0.15, -0.1) is 21.5 Å². The molecular formula is C20H19N5O2S. The molecule has 1 saturated heterocycles. The Kier molecular flexibility index (Phi) is 3.27. The van der Waals surface area contributed by atoms with Gasteiger partial charge in [0.05, 0.1) is 16.0 Å². The minimum atomic E-state index is -0.264. The quantitative estimate of drug-likeness (QED) is 0.737. The van der Waals surface area contributed by atoms with Crippen LogP contribution < -0.4 is 5.32 Å². The van der Waals surface area contributed by atoms with E-state index in [-0.39, 0.29) is 17.4 Å². The number of hydrogen-bond donors (Lipinski definition) is 1. The Hall–Kier alpha value is -2.74. The van der Waals surface area contributed by atoms with E-state index < -0.39 is 0 Å². The number of thiophene rings is 1. The van der Waals surface area contributed by atoms with Crippen LogP contribution in [-0.4, -0.2) is 49.9 Å². The maximum Gasteiger partial charge on any atom is 0.261 e. The van der Waals surface area contributed by atoms with E-state index in [9.17, 15) is 9.59 Å². The Bertz CT molecular complexity index is 1110. The first-order chi connectivity index (χ1) is 13.6. The number of hydrogen-bond acceptors (Lipinski definition) is 5. The van der Waals surface area contributed by atoms with Crippen molar-refractivity contribution < 1.29 is 9.59 Å². The zero-order valence-corrected chi connectivity index (χ0v) is 16.0. The molecule has 0 bridgehead atoms. The number of carbonyl (C=O) groups is 2.